The van der Waals surface area contributed by atoms with Crippen molar-refractivity contribution in [2.24, 2.45) is 0 Å². The average Bonchev–Trinajstić information content (AvgIpc) is 2.90. The Kier molecular flexibility index (Phi) is 3.34. The van der Waals surface area contributed by atoms with Crippen molar-refractivity contribution in [3.8, 4) is 0 Å². The summed E-state index contributed by atoms with van der Waals surface area (Å²) in [5.74, 6) is 0. The van der Waals surface area contributed by atoms with Crippen molar-refractivity contribution in [2.45, 2.75) is 39.0 Å². The van der Waals surface area contributed by atoms with Gasteiger partial charge in [0.1, 0.15) is 6.23 Å². The van der Waals surface area contributed by atoms with Crippen LogP contribution in [0.3, 0.4) is 0 Å². The van der Waals surface area contributed by atoms with Crippen molar-refractivity contribution in [3.05, 3.63) is 32.2 Å². The molecule has 1 fully saturated rings. The Morgan fingerprint density at radius 2 is 2.00 bits per heavy atom. The molecule has 1 aliphatic heterocycles. The molecular formula is C13H16N4O4. The van der Waals surface area contributed by atoms with Crippen LogP contribution in [-0.2, 0) is 4.74 Å². The van der Waals surface area contributed by atoms with Gasteiger partial charge in [0.25, 0.3) is 5.56 Å². The van der Waals surface area contributed by atoms with E-state index < -0.39 is 17.5 Å². The van der Waals surface area contributed by atoms with E-state index in [2.05, 4.69) is 15.0 Å². The van der Waals surface area contributed by atoms with Gasteiger partial charge in [0.2, 0.25) is 0 Å². The monoisotopic (exact) mass is 292 g/mol. The van der Waals surface area contributed by atoms with Gasteiger partial charge in [-0.1, -0.05) is 0 Å². The largest absolute Gasteiger partial charge is 0.394 e. The predicted octanol–water partition coefficient (Wildman–Crippen LogP) is -0.233. The van der Waals surface area contributed by atoms with Crippen LogP contribution in [0.5, 0.6) is 0 Å². The van der Waals surface area contributed by atoms with Crippen LogP contribution in [0.25, 0.3) is 11.2 Å². The third-order valence-electron chi connectivity index (χ3n) is 3.75. The zero-order valence-electron chi connectivity index (χ0n) is 11.8. The lowest BCUT2D eigenvalue weighted by molar-refractivity contribution is -0.0226. The number of nitrogens with zero attached hydrogens (tertiary/aromatic N) is 3. The van der Waals surface area contributed by atoms with Gasteiger partial charge in [-0.25, -0.2) is 19.3 Å². The molecule has 2 atom stereocenters. The van der Waals surface area contributed by atoms with Crippen molar-refractivity contribution < 1.29 is 9.84 Å². The number of aromatic amines is 1. The van der Waals surface area contributed by atoms with Crippen LogP contribution >= 0.6 is 0 Å². The second kappa shape index (κ2) is 5.05. The summed E-state index contributed by atoms with van der Waals surface area (Å²) in [5, 5.41) is 9.14. The summed E-state index contributed by atoms with van der Waals surface area (Å²) in [6.07, 6.45) is 0.363. The quantitative estimate of drug-likeness (QED) is 0.791. The highest BCUT2D eigenvalue weighted by molar-refractivity contribution is 5.69. The summed E-state index contributed by atoms with van der Waals surface area (Å²) < 4.78 is 6.93. The number of nitrogens with one attached hydrogen (secondary N) is 1. The van der Waals surface area contributed by atoms with E-state index in [4.69, 9.17) is 9.84 Å². The van der Waals surface area contributed by atoms with Crippen LogP contribution in [-0.4, -0.2) is 37.3 Å². The Balaban J connectivity index is 2.25. The molecule has 112 valence electrons. The molecule has 0 saturated carbocycles. The zero-order valence-corrected chi connectivity index (χ0v) is 11.8. The normalized spacial score (nSPS) is 22.0. The van der Waals surface area contributed by atoms with Crippen LogP contribution in [0.2, 0.25) is 0 Å². The van der Waals surface area contributed by atoms with Gasteiger partial charge >= 0.3 is 5.69 Å². The van der Waals surface area contributed by atoms with Gasteiger partial charge in [-0.2, -0.15) is 0 Å². The molecule has 0 amide bonds. The second-order valence-corrected chi connectivity index (χ2v) is 5.17. The predicted molar refractivity (Wildman–Crippen MR) is 74.1 cm³/mol. The first-order chi connectivity index (χ1) is 10.0. The van der Waals surface area contributed by atoms with Crippen LogP contribution < -0.4 is 11.2 Å². The number of aromatic nitrogens is 4. The van der Waals surface area contributed by atoms with Crippen molar-refractivity contribution in [3.63, 3.8) is 0 Å². The fourth-order valence-electron chi connectivity index (χ4n) is 2.50. The SMILES string of the molecule is Cc1nc2c(=O)[nH]c(=O)n([C@H]3CC[C@@H](CO)O3)c2nc1C. The Morgan fingerprint density at radius 3 is 2.67 bits per heavy atom. The van der Waals surface area contributed by atoms with Gasteiger partial charge in [0, 0.05) is 0 Å². The fourth-order valence-corrected chi connectivity index (χ4v) is 2.50. The lowest BCUT2D eigenvalue weighted by Gasteiger charge is -2.16. The van der Waals surface area contributed by atoms with Crippen LogP contribution in [0.1, 0.15) is 30.5 Å². The summed E-state index contributed by atoms with van der Waals surface area (Å²) in [5.41, 5.74) is 0.494. The summed E-state index contributed by atoms with van der Waals surface area (Å²) in [6.45, 7) is 3.42. The van der Waals surface area contributed by atoms with E-state index in [0.717, 1.165) is 0 Å². The summed E-state index contributed by atoms with van der Waals surface area (Å²) in [4.78, 5) is 34.8. The molecule has 0 aromatic carbocycles. The van der Waals surface area contributed by atoms with Gasteiger partial charge in [-0.15, -0.1) is 0 Å². The number of rotatable bonds is 2. The van der Waals surface area contributed by atoms with Crippen molar-refractivity contribution in [1.82, 2.24) is 19.5 Å². The minimum atomic E-state index is -0.575. The smallest absolute Gasteiger partial charge is 0.332 e. The molecule has 2 aromatic heterocycles. The standard InChI is InChI=1S/C13H16N4O4/c1-6-7(2)15-11-10(14-6)12(19)16-13(20)17(11)9-4-3-8(5-18)21-9/h8-9,18H,3-5H2,1-2H3,(H,16,19,20)/t8-,9+/m0/s1. The molecule has 1 saturated heterocycles. The first-order valence-corrected chi connectivity index (χ1v) is 6.77. The third-order valence-corrected chi connectivity index (χ3v) is 3.75. The van der Waals surface area contributed by atoms with Gasteiger partial charge in [0.15, 0.2) is 11.2 Å². The maximum absolute atomic E-state index is 12.1. The highest BCUT2D eigenvalue weighted by atomic mass is 16.5. The number of hydrogen-bond donors (Lipinski definition) is 2. The van der Waals surface area contributed by atoms with E-state index in [1.807, 2.05) is 0 Å². The Labute approximate surface area is 119 Å². The van der Waals surface area contributed by atoms with Gasteiger partial charge in [-0.05, 0) is 26.7 Å². The molecule has 2 N–H and O–H groups in total. The molecule has 2 aromatic rings. The molecular weight excluding hydrogens is 276 g/mol. The molecule has 0 spiro atoms. The third kappa shape index (κ3) is 2.26. The molecule has 8 heteroatoms. The van der Waals surface area contributed by atoms with Crippen LogP contribution in [0, 0.1) is 13.8 Å². The molecule has 3 rings (SSSR count). The Morgan fingerprint density at radius 1 is 1.29 bits per heavy atom. The highest BCUT2D eigenvalue weighted by Crippen LogP contribution is 2.28. The minimum absolute atomic E-state index is 0.101. The topological polar surface area (TPSA) is 110 Å². The van der Waals surface area contributed by atoms with Crippen LogP contribution in [0.15, 0.2) is 9.59 Å². The lowest BCUT2D eigenvalue weighted by Crippen LogP contribution is -2.34. The molecule has 8 nitrogen and oxygen atoms in total. The molecule has 0 bridgehead atoms. The number of fused-ring (bicyclic) bond motifs is 1. The van der Waals surface area contributed by atoms with E-state index in [1.54, 1.807) is 13.8 Å². The fraction of sp³-hybridized carbons (Fsp3) is 0.538. The Bertz CT molecular complexity index is 810. The van der Waals surface area contributed by atoms with Gasteiger partial charge < -0.3 is 9.84 Å². The summed E-state index contributed by atoms with van der Waals surface area (Å²) in [7, 11) is 0. The number of H-pyrrole nitrogens is 1. The maximum atomic E-state index is 12.1. The lowest BCUT2D eigenvalue weighted by atomic mass is 10.2. The highest BCUT2D eigenvalue weighted by Gasteiger charge is 2.29. The van der Waals surface area contributed by atoms with E-state index in [0.29, 0.717) is 24.2 Å². The van der Waals surface area contributed by atoms with Crippen LogP contribution in [0.4, 0.5) is 0 Å². The molecule has 1 aliphatic rings. The summed E-state index contributed by atoms with van der Waals surface area (Å²) >= 11 is 0. The molecule has 3 heterocycles. The molecule has 0 unspecified atom stereocenters. The second-order valence-electron chi connectivity index (χ2n) is 5.17. The van der Waals surface area contributed by atoms with Gasteiger partial charge in [0.05, 0.1) is 24.1 Å². The summed E-state index contributed by atoms with van der Waals surface area (Å²) in [6, 6.07) is 0. The van der Waals surface area contributed by atoms with Crippen molar-refractivity contribution >= 4 is 11.2 Å². The maximum Gasteiger partial charge on any atom is 0.332 e. The molecule has 0 aliphatic carbocycles. The van der Waals surface area contributed by atoms with Crippen molar-refractivity contribution in [1.29, 1.82) is 0 Å². The van der Waals surface area contributed by atoms with Gasteiger partial charge in [-0.3, -0.25) is 9.78 Å². The number of ether oxygens (including phenoxy) is 1. The number of aliphatic hydroxyl groups is 1. The molecule has 0 radical (unpaired) electrons. The number of aryl methyl sites for hydroxylation is 2. The average molecular weight is 292 g/mol. The van der Waals surface area contributed by atoms with E-state index >= 15 is 0 Å². The minimum Gasteiger partial charge on any atom is -0.394 e. The van der Waals surface area contributed by atoms with E-state index in [-0.39, 0.29) is 23.9 Å². The Hall–Kier alpha value is -2.06. The molecule has 21 heavy (non-hydrogen) atoms. The van der Waals surface area contributed by atoms with E-state index in [1.165, 1.54) is 4.57 Å². The van der Waals surface area contributed by atoms with Crippen molar-refractivity contribution in [2.75, 3.05) is 6.61 Å². The van der Waals surface area contributed by atoms with E-state index in [9.17, 15) is 9.59 Å². The zero-order chi connectivity index (χ0) is 15.1. The number of aliphatic hydroxyl groups excluding tert-OH is 1. The number of hydrogen-bond acceptors (Lipinski definition) is 6. The first kappa shape index (κ1) is 13.9. The first-order valence-electron chi connectivity index (χ1n) is 6.77.